The largest absolute Gasteiger partial charge is 0.498 e. The van der Waals surface area contributed by atoms with E-state index in [4.69, 9.17) is 13.7 Å². The average Bonchev–Trinajstić information content (AvgIpc) is 2.64. The van der Waals surface area contributed by atoms with Crippen LogP contribution >= 0.6 is 0 Å². The van der Waals surface area contributed by atoms with E-state index < -0.39 is 0 Å². The predicted octanol–water partition coefficient (Wildman–Crippen LogP) is 3.09. The third-order valence-corrected chi connectivity index (χ3v) is 4.12. The van der Waals surface area contributed by atoms with Crippen LogP contribution in [0.2, 0.25) is 0 Å². The second-order valence-corrected chi connectivity index (χ2v) is 6.91. The van der Waals surface area contributed by atoms with E-state index in [0.29, 0.717) is 5.92 Å². The molecule has 0 aliphatic carbocycles. The summed E-state index contributed by atoms with van der Waals surface area (Å²) in [5, 5.41) is 0. The Kier molecular flexibility index (Phi) is 3.61. The molecule has 1 aliphatic rings. The van der Waals surface area contributed by atoms with E-state index in [1.54, 1.807) is 0 Å². The van der Waals surface area contributed by atoms with Gasteiger partial charge in [0, 0.05) is 11.9 Å². The van der Waals surface area contributed by atoms with Crippen LogP contribution in [0.25, 0.3) is 0 Å². The summed E-state index contributed by atoms with van der Waals surface area (Å²) in [6.45, 7) is 14.6. The Bertz CT molecular complexity index is 444. The molecular formula is C15H25BO3. The summed E-state index contributed by atoms with van der Waals surface area (Å²) in [5.41, 5.74) is 0.411. The molecule has 0 N–H and O–H groups in total. The molecule has 0 spiro atoms. The molecule has 1 fully saturated rings. The van der Waals surface area contributed by atoms with Crippen molar-refractivity contribution in [2.45, 2.75) is 66.1 Å². The predicted molar refractivity (Wildman–Crippen MR) is 77.7 cm³/mol. The Morgan fingerprint density at radius 3 is 2.11 bits per heavy atom. The standard InChI is InChI=1S/C15H25BO3/c1-10(2)8-12-9-13(11(3)17-12)16-18-14(4,5)15(6,7)19-16/h9-10H,8H2,1-7H3. The Balaban J connectivity index is 2.22. The van der Waals surface area contributed by atoms with Gasteiger partial charge in [-0.2, -0.15) is 0 Å². The lowest BCUT2D eigenvalue weighted by atomic mass is 9.79. The van der Waals surface area contributed by atoms with Gasteiger partial charge in [0.05, 0.1) is 11.2 Å². The van der Waals surface area contributed by atoms with Crippen LogP contribution in [0.5, 0.6) is 0 Å². The lowest BCUT2D eigenvalue weighted by molar-refractivity contribution is 0.00578. The minimum absolute atomic E-state index is 0.306. The van der Waals surface area contributed by atoms with Gasteiger partial charge in [0.1, 0.15) is 11.5 Å². The van der Waals surface area contributed by atoms with Gasteiger partial charge in [0.15, 0.2) is 0 Å². The molecule has 0 atom stereocenters. The fourth-order valence-electron chi connectivity index (χ4n) is 2.27. The van der Waals surface area contributed by atoms with Crippen LogP contribution in [0.4, 0.5) is 0 Å². The molecule has 1 aliphatic heterocycles. The van der Waals surface area contributed by atoms with Crippen LogP contribution in [-0.2, 0) is 15.7 Å². The lowest BCUT2D eigenvalue weighted by Gasteiger charge is -2.32. The highest BCUT2D eigenvalue weighted by atomic mass is 16.7. The fraction of sp³-hybridized carbons (Fsp3) is 0.733. The Morgan fingerprint density at radius 1 is 1.11 bits per heavy atom. The number of aryl methyl sites for hydroxylation is 1. The summed E-state index contributed by atoms with van der Waals surface area (Å²) in [6, 6.07) is 2.08. The molecule has 1 aromatic heterocycles. The zero-order chi connectivity index (χ0) is 14.4. The third-order valence-electron chi connectivity index (χ3n) is 4.12. The molecule has 1 saturated heterocycles. The molecule has 19 heavy (non-hydrogen) atoms. The van der Waals surface area contributed by atoms with Crippen LogP contribution in [-0.4, -0.2) is 18.3 Å². The van der Waals surface area contributed by atoms with E-state index in [-0.39, 0.29) is 18.3 Å². The summed E-state index contributed by atoms with van der Waals surface area (Å²) >= 11 is 0. The highest BCUT2D eigenvalue weighted by molar-refractivity contribution is 6.62. The molecule has 106 valence electrons. The molecule has 0 saturated carbocycles. The molecule has 0 bridgehead atoms. The summed E-state index contributed by atoms with van der Waals surface area (Å²) in [4.78, 5) is 0. The first-order valence-electron chi connectivity index (χ1n) is 7.07. The van der Waals surface area contributed by atoms with Gasteiger partial charge < -0.3 is 13.7 Å². The number of furan rings is 1. The van der Waals surface area contributed by atoms with E-state index in [2.05, 4.69) is 47.6 Å². The molecule has 0 radical (unpaired) electrons. The maximum absolute atomic E-state index is 6.07. The normalized spacial score (nSPS) is 21.4. The first-order chi connectivity index (χ1) is 8.62. The molecule has 0 aromatic carbocycles. The average molecular weight is 264 g/mol. The summed E-state index contributed by atoms with van der Waals surface area (Å²) < 4.78 is 17.9. The number of hydrogen-bond donors (Lipinski definition) is 0. The van der Waals surface area contributed by atoms with E-state index >= 15 is 0 Å². The van der Waals surface area contributed by atoms with Crippen LogP contribution in [0.3, 0.4) is 0 Å². The van der Waals surface area contributed by atoms with Crippen molar-refractivity contribution < 1.29 is 13.7 Å². The van der Waals surface area contributed by atoms with E-state index in [0.717, 1.165) is 23.4 Å². The molecule has 2 rings (SSSR count). The first kappa shape index (κ1) is 14.7. The van der Waals surface area contributed by atoms with Crippen molar-refractivity contribution in [2.24, 2.45) is 5.92 Å². The minimum Gasteiger partial charge on any atom is -0.467 e. The van der Waals surface area contributed by atoms with Gasteiger partial charge >= 0.3 is 7.12 Å². The zero-order valence-corrected chi connectivity index (χ0v) is 13.2. The van der Waals surface area contributed by atoms with Gasteiger partial charge in [-0.1, -0.05) is 13.8 Å². The highest BCUT2D eigenvalue weighted by Gasteiger charge is 2.52. The topological polar surface area (TPSA) is 31.6 Å². The van der Waals surface area contributed by atoms with Gasteiger partial charge in [-0.05, 0) is 46.6 Å². The molecule has 0 amide bonds. The molecular weight excluding hydrogens is 239 g/mol. The Hall–Kier alpha value is -0.735. The van der Waals surface area contributed by atoms with Gasteiger partial charge in [-0.25, -0.2) is 0 Å². The van der Waals surface area contributed by atoms with Gasteiger partial charge in [-0.3, -0.25) is 0 Å². The maximum Gasteiger partial charge on any atom is 0.498 e. The monoisotopic (exact) mass is 264 g/mol. The molecule has 4 heteroatoms. The summed E-state index contributed by atoms with van der Waals surface area (Å²) in [6.07, 6.45) is 0.945. The Labute approximate surface area is 116 Å². The number of hydrogen-bond acceptors (Lipinski definition) is 3. The first-order valence-corrected chi connectivity index (χ1v) is 7.07. The Morgan fingerprint density at radius 2 is 1.63 bits per heavy atom. The molecule has 0 unspecified atom stereocenters. The van der Waals surface area contributed by atoms with E-state index in [9.17, 15) is 0 Å². The third kappa shape index (κ3) is 2.75. The molecule has 3 nitrogen and oxygen atoms in total. The van der Waals surface area contributed by atoms with E-state index in [1.165, 1.54) is 0 Å². The quantitative estimate of drug-likeness (QED) is 0.786. The number of rotatable bonds is 3. The zero-order valence-electron chi connectivity index (χ0n) is 13.2. The van der Waals surface area contributed by atoms with Crippen LogP contribution < -0.4 is 5.46 Å². The lowest BCUT2D eigenvalue weighted by Crippen LogP contribution is -2.41. The second kappa shape index (κ2) is 4.67. The van der Waals surface area contributed by atoms with Crippen molar-refractivity contribution in [1.29, 1.82) is 0 Å². The summed E-state index contributed by atoms with van der Waals surface area (Å²) in [5.74, 6) is 2.49. The van der Waals surface area contributed by atoms with Crippen molar-refractivity contribution in [3.8, 4) is 0 Å². The van der Waals surface area contributed by atoms with Gasteiger partial charge in [0.25, 0.3) is 0 Å². The van der Waals surface area contributed by atoms with Crippen molar-refractivity contribution in [2.75, 3.05) is 0 Å². The smallest absolute Gasteiger partial charge is 0.467 e. The SMILES string of the molecule is Cc1oc(CC(C)C)cc1B1OC(C)(C)C(C)(C)O1. The van der Waals surface area contributed by atoms with Crippen molar-refractivity contribution >= 4 is 12.6 Å². The fourth-order valence-corrected chi connectivity index (χ4v) is 2.27. The van der Waals surface area contributed by atoms with Crippen LogP contribution in [0, 0.1) is 12.8 Å². The van der Waals surface area contributed by atoms with Gasteiger partial charge in [-0.15, -0.1) is 0 Å². The van der Waals surface area contributed by atoms with E-state index in [1.807, 2.05) is 6.92 Å². The maximum atomic E-state index is 6.07. The molecule has 1 aromatic rings. The van der Waals surface area contributed by atoms with Crippen LogP contribution in [0.15, 0.2) is 10.5 Å². The summed E-state index contributed by atoms with van der Waals surface area (Å²) in [7, 11) is -0.324. The minimum atomic E-state index is -0.324. The van der Waals surface area contributed by atoms with Crippen molar-refractivity contribution in [1.82, 2.24) is 0 Å². The van der Waals surface area contributed by atoms with Crippen molar-refractivity contribution in [3.05, 3.63) is 17.6 Å². The van der Waals surface area contributed by atoms with Crippen LogP contribution in [0.1, 0.15) is 53.1 Å². The van der Waals surface area contributed by atoms with Crippen molar-refractivity contribution in [3.63, 3.8) is 0 Å². The highest BCUT2D eigenvalue weighted by Crippen LogP contribution is 2.36. The second-order valence-electron chi connectivity index (χ2n) is 6.91. The van der Waals surface area contributed by atoms with Gasteiger partial charge in [0.2, 0.25) is 0 Å². The molecule has 2 heterocycles.